The van der Waals surface area contributed by atoms with Crippen molar-refractivity contribution in [3.63, 3.8) is 0 Å². The molecule has 2 nitrogen and oxygen atoms in total. The summed E-state index contributed by atoms with van der Waals surface area (Å²) >= 11 is 0. The molecule has 0 amide bonds. The van der Waals surface area contributed by atoms with E-state index in [4.69, 9.17) is 4.74 Å². The zero-order valence-corrected chi connectivity index (χ0v) is 22.1. The van der Waals surface area contributed by atoms with Crippen molar-refractivity contribution < 1.29 is 9.84 Å². The second-order valence-corrected chi connectivity index (χ2v) is 15.7. The highest BCUT2D eigenvalue weighted by atomic mass is 16.5. The van der Waals surface area contributed by atoms with Crippen LogP contribution in [0, 0.1) is 56.2 Å². The van der Waals surface area contributed by atoms with E-state index in [2.05, 4.69) is 48.5 Å². The van der Waals surface area contributed by atoms with Crippen LogP contribution in [0.1, 0.15) is 113 Å². The van der Waals surface area contributed by atoms with Crippen molar-refractivity contribution in [2.75, 3.05) is 6.61 Å². The third kappa shape index (κ3) is 2.41. The highest BCUT2D eigenvalue weighted by molar-refractivity contribution is 5.21. The lowest BCUT2D eigenvalue weighted by atomic mass is 9.31. The van der Waals surface area contributed by atoms with Gasteiger partial charge in [0, 0.05) is 0 Å². The highest BCUT2D eigenvalue weighted by Crippen LogP contribution is 2.78. The van der Waals surface area contributed by atoms with Crippen LogP contribution in [0.5, 0.6) is 0 Å². The number of fused-ring (bicyclic) bond motifs is 5. The summed E-state index contributed by atoms with van der Waals surface area (Å²) in [7, 11) is 0. The van der Waals surface area contributed by atoms with Gasteiger partial charge in [-0.1, -0.05) is 48.5 Å². The summed E-state index contributed by atoms with van der Waals surface area (Å²) in [5, 5.41) is 10.9. The molecule has 5 aliphatic carbocycles. The summed E-state index contributed by atoms with van der Waals surface area (Å²) in [6.45, 7) is 18.9. The Labute approximate surface area is 197 Å². The lowest BCUT2D eigenvalue weighted by Gasteiger charge is -2.73. The van der Waals surface area contributed by atoms with Gasteiger partial charge in [0.15, 0.2) is 0 Å². The van der Waals surface area contributed by atoms with Gasteiger partial charge in [0.2, 0.25) is 0 Å². The normalized spacial score (nSPS) is 60.0. The van der Waals surface area contributed by atoms with Crippen molar-refractivity contribution in [1.29, 1.82) is 0 Å². The molecule has 2 heteroatoms. The molecular weight excluding hydrogens is 392 g/mol. The minimum atomic E-state index is -0.122. The lowest BCUT2D eigenvalue weighted by molar-refractivity contribution is -0.252. The van der Waals surface area contributed by atoms with Crippen molar-refractivity contribution in [2.45, 2.75) is 125 Å². The van der Waals surface area contributed by atoms with Crippen LogP contribution in [0.25, 0.3) is 0 Å². The predicted octanol–water partition coefficient (Wildman–Crippen LogP) is 7.24. The molecule has 0 aromatic rings. The zero-order chi connectivity index (χ0) is 22.9. The van der Waals surface area contributed by atoms with E-state index in [1.807, 2.05) is 0 Å². The summed E-state index contributed by atoms with van der Waals surface area (Å²) in [6.07, 6.45) is 13.7. The third-order valence-electron chi connectivity index (χ3n) is 14.1. The summed E-state index contributed by atoms with van der Waals surface area (Å²) in [5.74, 6) is 3.11. The first-order chi connectivity index (χ1) is 14.8. The van der Waals surface area contributed by atoms with Crippen molar-refractivity contribution in [1.82, 2.24) is 0 Å². The average molecular weight is 443 g/mol. The van der Waals surface area contributed by atoms with E-state index in [0.29, 0.717) is 39.1 Å². The summed E-state index contributed by atoms with van der Waals surface area (Å²) in [4.78, 5) is 0. The van der Waals surface area contributed by atoms with Crippen LogP contribution < -0.4 is 0 Å². The van der Waals surface area contributed by atoms with Crippen molar-refractivity contribution in [2.24, 2.45) is 56.2 Å². The van der Waals surface area contributed by atoms with E-state index in [0.717, 1.165) is 30.8 Å². The van der Waals surface area contributed by atoms with Gasteiger partial charge < -0.3 is 9.84 Å². The number of hydrogen-bond donors (Lipinski definition) is 1. The SMILES string of the molecule is CC1(C)CC[C@@]23CC[C@]4(C)[C@H](CC[C@@H]5[C@@]6(C)CC[C@H](O)C(C)(C)[C@H]6CC[C@]54C)[C@@H]2[C@H]1OC3. The Balaban J connectivity index is 1.39. The largest absolute Gasteiger partial charge is 0.393 e. The van der Waals surface area contributed by atoms with E-state index in [9.17, 15) is 5.11 Å². The number of rotatable bonds is 0. The molecule has 32 heavy (non-hydrogen) atoms. The standard InChI is InChI=1S/C30H50O2/c1-25(2)14-16-30-17-15-28(6)19(23(30)24(25)32-18-30)8-9-21-27(5)12-11-22(31)26(3,4)20(27)10-13-29(21,28)7/h19-24,31H,8-18H2,1-7H3/t19-,20-,21-,22+,23-,24-,27+,28-,29-,30+/m1/s1. The van der Waals surface area contributed by atoms with Gasteiger partial charge in [0.25, 0.3) is 0 Å². The Kier molecular flexibility index (Phi) is 4.46. The quantitative estimate of drug-likeness (QED) is 0.428. The van der Waals surface area contributed by atoms with Crippen LogP contribution >= 0.6 is 0 Å². The van der Waals surface area contributed by atoms with Crippen LogP contribution in [-0.2, 0) is 4.74 Å². The molecule has 0 unspecified atom stereocenters. The van der Waals surface area contributed by atoms with Crippen LogP contribution in [0.3, 0.4) is 0 Å². The molecule has 0 aromatic heterocycles. The second kappa shape index (κ2) is 6.37. The van der Waals surface area contributed by atoms with Gasteiger partial charge in [-0.3, -0.25) is 0 Å². The second-order valence-electron chi connectivity index (χ2n) is 15.7. The van der Waals surface area contributed by atoms with Gasteiger partial charge in [-0.25, -0.2) is 0 Å². The van der Waals surface area contributed by atoms with Gasteiger partial charge in [-0.2, -0.15) is 0 Å². The molecule has 5 saturated carbocycles. The molecule has 1 saturated heterocycles. The molecule has 1 heterocycles. The number of aliphatic hydroxyl groups is 1. The fraction of sp³-hybridized carbons (Fsp3) is 1.00. The van der Waals surface area contributed by atoms with Crippen molar-refractivity contribution in [3.8, 4) is 0 Å². The summed E-state index contributed by atoms with van der Waals surface area (Å²) in [5.41, 5.74) is 2.16. The number of aliphatic hydroxyl groups excluding tert-OH is 1. The molecule has 6 rings (SSSR count). The smallest absolute Gasteiger partial charge is 0.0663 e. The molecule has 6 aliphatic rings. The monoisotopic (exact) mass is 442 g/mol. The minimum absolute atomic E-state index is 0.0586. The lowest BCUT2D eigenvalue weighted by Crippen LogP contribution is -2.67. The first-order valence-corrected chi connectivity index (χ1v) is 14.1. The van der Waals surface area contributed by atoms with E-state index < -0.39 is 0 Å². The summed E-state index contributed by atoms with van der Waals surface area (Å²) in [6, 6.07) is 0. The Morgan fingerprint density at radius 3 is 2.16 bits per heavy atom. The maximum atomic E-state index is 10.9. The maximum Gasteiger partial charge on any atom is 0.0663 e. The van der Waals surface area contributed by atoms with Crippen LogP contribution in [-0.4, -0.2) is 23.9 Å². The van der Waals surface area contributed by atoms with Gasteiger partial charge in [-0.05, 0) is 120 Å². The maximum absolute atomic E-state index is 10.9. The van der Waals surface area contributed by atoms with E-state index in [1.165, 1.54) is 57.8 Å². The number of ether oxygens (including phenoxy) is 1. The van der Waals surface area contributed by atoms with E-state index in [1.54, 1.807) is 0 Å². The van der Waals surface area contributed by atoms with Crippen LogP contribution in [0.2, 0.25) is 0 Å². The Morgan fingerprint density at radius 1 is 0.688 bits per heavy atom. The first kappa shape index (κ1) is 22.4. The Morgan fingerprint density at radius 2 is 1.41 bits per heavy atom. The molecule has 182 valence electrons. The fourth-order valence-electron chi connectivity index (χ4n) is 12.0. The van der Waals surface area contributed by atoms with Gasteiger partial charge in [-0.15, -0.1) is 0 Å². The number of hydrogen-bond acceptors (Lipinski definition) is 2. The van der Waals surface area contributed by atoms with Gasteiger partial charge in [0.1, 0.15) is 0 Å². The van der Waals surface area contributed by atoms with Crippen LogP contribution in [0.15, 0.2) is 0 Å². The van der Waals surface area contributed by atoms with Gasteiger partial charge in [0.05, 0.1) is 18.8 Å². The fourth-order valence-corrected chi connectivity index (χ4v) is 12.0. The zero-order valence-electron chi connectivity index (χ0n) is 22.1. The molecule has 0 aromatic carbocycles. The average Bonchev–Trinajstić information content (AvgIpc) is 3.05. The van der Waals surface area contributed by atoms with E-state index in [-0.39, 0.29) is 11.5 Å². The van der Waals surface area contributed by atoms with Gasteiger partial charge >= 0.3 is 0 Å². The Bertz CT molecular complexity index is 801. The molecule has 1 N–H and O–H groups in total. The molecule has 10 atom stereocenters. The minimum Gasteiger partial charge on any atom is -0.393 e. The summed E-state index contributed by atoms with van der Waals surface area (Å²) < 4.78 is 6.71. The van der Waals surface area contributed by atoms with Crippen molar-refractivity contribution in [3.05, 3.63) is 0 Å². The molecule has 6 fully saturated rings. The first-order valence-electron chi connectivity index (χ1n) is 14.1. The topological polar surface area (TPSA) is 29.5 Å². The third-order valence-corrected chi connectivity index (χ3v) is 14.1. The molecule has 0 radical (unpaired) electrons. The highest BCUT2D eigenvalue weighted by Gasteiger charge is 2.72. The molecular formula is C30H50O2. The van der Waals surface area contributed by atoms with E-state index >= 15 is 0 Å². The molecule has 0 spiro atoms. The van der Waals surface area contributed by atoms with Crippen molar-refractivity contribution >= 4 is 0 Å². The molecule has 2 bridgehead atoms. The van der Waals surface area contributed by atoms with Crippen LogP contribution in [0.4, 0.5) is 0 Å². The predicted molar refractivity (Wildman–Crippen MR) is 130 cm³/mol. The molecule has 1 aliphatic heterocycles. The Hall–Kier alpha value is -0.0800.